The fraction of sp³-hybridized carbons (Fsp3) is 0.263. The van der Waals surface area contributed by atoms with E-state index in [1.807, 2.05) is 6.07 Å². The first-order valence-electron chi connectivity index (χ1n) is 7.60. The van der Waals surface area contributed by atoms with Crippen LogP contribution in [0.1, 0.15) is 28.8 Å². The molecule has 0 N–H and O–H groups in total. The van der Waals surface area contributed by atoms with Gasteiger partial charge in [0.15, 0.2) is 17.3 Å². The fourth-order valence-corrected chi connectivity index (χ4v) is 2.42. The number of methoxy groups -OCH3 is 2. The van der Waals surface area contributed by atoms with E-state index in [-0.39, 0.29) is 12.4 Å². The Balaban J connectivity index is 2.47. The molecule has 0 amide bonds. The number of hydrogen-bond acceptors (Lipinski definition) is 5. The Bertz CT molecular complexity index is 709. The first-order chi connectivity index (χ1) is 11.6. The van der Waals surface area contributed by atoms with Crippen LogP contribution in [0.5, 0.6) is 11.5 Å². The van der Waals surface area contributed by atoms with Crippen molar-refractivity contribution in [2.75, 3.05) is 20.8 Å². The standard InChI is InChI=1S/C19H20O5/c1-4-24-19(21)17(18(20)13-8-6-5-7-9-13)14-10-11-15(22-2)16(12-14)23-3/h5-12,17H,4H2,1-3H3. The minimum atomic E-state index is -1.05. The Hall–Kier alpha value is -2.82. The number of hydrogen-bond donors (Lipinski definition) is 0. The number of rotatable bonds is 7. The molecule has 0 fully saturated rings. The van der Waals surface area contributed by atoms with Gasteiger partial charge in [-0.25, -0.2) is 0 Å². The Morgan fingerprint density at radius 3 is 2.21 bits per heavy atom. The predicted molar refractivity (Wildman–Crippen MR) is 89.7 cm³/mol. The summed E-state index contributed by atoms with van der Waals surface area (Å²) in [6.07, 6.45) is 0. The van der Waals surface area contributed by atoms with Crippen LogP contribution >= 0.6 is 0 Å². The quantitative estimate of drug-likeness (QED) is 0.444. The van der Waals surface area contributed by atoms with Crippen LogP contribution in [0, 0.1) is 0 Å². The maximum Gasteiger partial charge on any atom is 0.321 e. The molecule has 0 saturated heterocycles. The fourth-order valence-electron chi connectivity index (χ4n) is 2.42. The number of ketones is 1. The molecule has 0 aliphatic heterocycles. The van der Waals surface area contributed by atoms with Crippen molar-refractivity contribution < 1.29 is 23.8 Å². The third-order valence-electron chi connectivity index (χ3n) is 3.58. The predicted octanol–water partition coefficient (Wildman–Crippen LogP) is 3.23. The zero-order valence-electron chi connectivity index (χ0n) is 13.9. The van der Waals surface area contributed by atoms with Crippen LogP contribution in [0.2, 0.25) is 0 Å². The molecule has 0 spiro atoms. The highest BCUT2D eigenvalue weighted by Gasteiger charge is 2.31. The minimum absolute atomic E-state index is 0.199. The van der Waals surface area contributed by atoms with Gasteiger partial charge in [-0.2, -0.15) is 0 Å². The van der Waals surface area contributed by atoms with Crippen LogP contribution < -0.4 is 9.47 Å². The monoisotopic (exact) mass is 328 g/mol. The molecular weight excluding hydrogens is 308 g/mol. The summed E-state index contributed by atoms with van der Waals surface area (Å²) in [7, 11) is 3.02. The molecule has 1 unspecified atom stereocenters. The van der Waals surface area contributed by atoms with Crippen LogP contribution in [0.3, 0.4) is 0 Å². The largest absolute Gasteiger partial charge is 0.493 e. The number of carbonyl (C=O) groups is 2. The SMILES string of the molecule is CCOC(=O)C(C(=O)c1ccccc1)c1ccc(OC)c(OC)c1. The van der Waals surface area contributed by atoms with Gasteiger partial charge in [0, 0.05) is 5.56 Å². The topological polar surface area (TPSA) is 61.8 Å². The van der Waals surface area contributed by atoms with Crippen LogP contribution in [0.25, 0.3) is 0 Å². The maximum absolute atomic E-state index is 12.8. The number of carbonyl (C=O) groups excluding carboxylic acids is 2. The maximum atomic E-state index is 12.8. The normalized spacial score (nSPS) is 11.5. The molecule has 0 heterocycles. The second-order valence-electron chi connectivity index (χ2n) is 5.03. The van der Waals surface area contributed by atoms with Gasteiger partial charge in [0.25, 0.3) is 0 Å². The minimum Gasteiger partial charge on any atom is -0.493 e. The molecule has 5 heteroatoms. The molecule has 2 rings (SSSR count). The summed E-state index contributed by atoms with van der Waals surface area (Å²) in [5.74, 6) is -0.979. The number of ether oxygens (including phenoxy) is 3. The molecule has 0 saturated carbocycles. The van der Waals surface area contributed by atoms with Gasteiger partial charge in [-0.15, -0.1) is 0 Å². The van der Waals surface area contributed by atoms with Crippen molar-refractivity contribution >= 4 is 11.8 Å². The molecule has 0 bridgehead atoms. The van der Waals surface area contributed by atoms with Crippen molar-refractivity contribution in [2.24, 2.45) is 0 Å². The molecule has 126 valence electrons. The summed E-state index contributed by atoms with van der Waals surface area (Å²) in [5, 5.41) is 0. The van der Waals surface area contributed by atoms with Gasteiger partial charge in [0.2, 0.25) is 0 Å². The summed E-state index contributed by atoms with van der Waals surface area (Å²) in [5.41, 5.74) is 0.949. The summed E-state index contributed by atoms with van der Waals surface area (Å²) >= 11 is 0. The lowest BCUT2D eigenvalue weighted by Crippen LogP contribution is -2.24. The first kappa shape index (κ1) is 17.5. The zero-order chi connectivity index (χ0) is 17.5. The summed E-state index contributed by atoms with van der Waals surface area (Å²) in [6.45, 7) is 1.90. The van der Waals surface area contributed by atoms with Crippen molar-refractivity contribution in [3.63, 3.8) is 0 Å². The Labute approximate surface area is 141 Å². The number of Topliss-reactive ketones (excluding diaryl/α,β-unsaturated/α-hetero) is 1. The number of esters is 1. The average molecular weight is 328 g/mol. The lowest BCUT2D eigenvalue weighted by molar-refractivity contribution is -0.143. The second-order valence-corrected chi connectivity index (χ2v) is 5.03. The van der Waals surface area contributed by atoms with Crippen LogP contribution in [0.4, 0.5) is 0 Å². The Morgan fingerprint density at radius 2 is 1.62 bits per heavy atom. The van der Waals surface area contributed by atoms with Crippen molar-refractivity contribution in [2.45, 2.75) is 12.8 Å². The van der Waals surface area contributed by atoms with E-state index in [4.69, 9.17) is 14.2 Å². The van der Waals surface area contributed by atoms with E-state index in [1.165, 1.54) is 14.2 Å². The van der Waals surface area contributed by atoms with Gasteiger partial charge in [0.1, 0.15) is 5.92 Å². The lowest BCUT2D eigenvalue weighted by Gasteiger charge is -2.17. The highest BCUT2D eigenvalue weighted by molar-refractivity contribution is 6.13. The van der Waals surface area contributed by atoms with Crippen molar-refractivity contribution in [1.29, 1.82) is 0 Å². The van der Waals surface area contributed by atoms with Crippen LogP contribution in [0.15, 0.2) is 48.5 Å². The summed E-state index contributed by atoms with van der Waals surface area (Å²) < 4.78 is 15.6. The molecule has 5 nitrogen and oxygen atoms in total. The van der Waals surface area contributed by atoms with Gasteiger partial charge in [-0.3, -0.25) is 9.59 Å². The van der Waals surface area contributed by atoms with E-state index in [9.17, 15) is 9.59 Å². The zero-order valence-corrected chi connectivity index (χ0v) is 13.9. The molecule has 0 aliphatic rings. The van der Waals surface area contributed by atoms with Crippen molar-refractivity contribution in [3.8, 4) is 11.5 Å². The van der Waals surface area contributed by atoms with Gasteiger partial charge < -0.3 is 14.2 Å². The third-order valence-corrected chi connectivity index (χ3v) is 3.58. The summed E-state index contributed by atoms with van der Waals surface area (Å²) in [4.78, 5) is 25.2. The summed E-state index contributed by atoms with van der Waals surface area (Å²) in [6, 6.07) is 13.6. The van der Waals surface area contributed by atoms with Crippen LogP contribution in [-0.4, -0.2) is 32.6 Å². The van der Waals surface area contributed by atoms with Gasteiger partial charge in [0.05, 0.1) is 20.8 Å². The van der Waals surface area contributed by atoms with Crippen LogP contribution in [-0.2, 0) is 9.53 Å². The van der Waals surface area contributed by atoms with Crippen molar-refractivity contribution in [3.05, 3.63) is 59.7 Å². The second kappa shape index (κ2) is 8.15. The molecule has 1 atom stereocenters. The lowest BCUT2D eigenvalue weighted by atomic mass is 9.90. The Kier molecular flexibility index (Phi) is 5.95. The van der Waals surface area contributed by atoms with E-state index < -0.39 is 11.9 Å². The molecule has 24 heavy (non-hydrogen) atoms. The molecule has 2 aromatic carbocycles. The van der Waals surface area contributed by atoms with E-state index in [1.54, 1.807) is 49.4 Å². The van der Waals surface area contributed by atoms with E-state index in [0.29, 0.717) is 22.6 Å². The first-order valence-corrected chi connectivity index (χ1v) is 7.60. The molecular formula is C19H20O5. The van der Waals surface area contributed by atoms with E-state index >= 15 is 0 Å². The average Bonchev–Trinajstić information content (AvgIpc) is 2.62. The number of benzene rings is 2. The van der Waals surface area contributed by atoms with Crippen molar-refractivity contribution in [1.82, 2.24) is 0 Å². The molecule has 0 aromatic heterocycles. The Morgan fingerprint density at radius 1 is 0.958 bits per heavy atom. The third kappa shape index (κ3) is 3.74. The molecule has 0 aliphatic carbocycles. The molecule has 0 radical (unpaired) electrons. The van der Waals surface area contributed by atoms with E-state index in [0.717, 1.165) is 0 Å². The van der Waals surface area contributed by atoms with Gasteiger partial charge in [-0.05, 0) is 24.6 Å². The van der Waals surface area contributed by atoms with Gasteiger partial charge >= 0.3 is 5.97 Å². The smallest absolute Gasteiger partial charge is 0.321 e. The van der Waals surface area contributed by atoms with E-state index in [2.05, 4.69) is 0 Å². The highest BCUT2D eigenvalue weighted by atomic mass is 16.5. The highest BCUT2D eigenvalue weighted by Crippen LogP contribution is 2.32. The molecule has 2 aromatic rings. The van der Waals surface area contributed by atoms with Gasteiger partial charge in [-0.1, -0.05) is 36.4 Å².